The molecule has 42 heavy (non-hydrogen) atoms. The number of nitrogens with zero attached hydrogens (tertiary/aromatic N) is 4. The molecule has 5 aromatic carbocycles. The minimum Gasteiger partial charge on any atom is -0.507 e. The molecule has 0 saturated heterocycles. The number of nitrogens with two attached hydrogens (primary N) is 1. The van der Waals surface area contributed by atoms with Crippen molar-refractivity contribution in [3.8, 4) is 22.6 Å². The molecule has 0 spiro atoms. The van der Waals surface area contributed by atoms with Crippen molar-refractivity contribution in [3.63, 3.8) is 0 Å². The molecule has 0 bridgehead atoms. The summed E-state index contributed by atoms with van der Waals surface area (Å²) in [5, 5.41) is 46.1. The molecule has 210 valence electrons. The molecule has 5 aromatic rings. The lowest BCUT2D eigenvalue weighted by Crippen LogP contribution is -1.99. The number of benzene rings is 5. The number of carboxylic acids is 1. The summed E-state index contributed by atoms with van der Waals surface area (Å²) in [7, 11) is -4.74. The normalized spacial score (nSPS) is 11.9. The van der Waals surface area contributed by atoms with Crippen molar-refractivity contribution in [2.45, 2.75) is 4.90 Å². The number of rotatable bonds is 7. The number of phenols is 2. The van der Waals surface area contributed by atoms with Crippen LogP contribution in [0.5, 0.6) is 11.5 Å². The smallest absolute Gasteiger partial charge is 0.339 e. The Morgan fingerprint density at radius 3 is 1.81 bits per heavy atom. The van der Waals surface area contributed by atoms with Gasteiger partial charge in [0.25, 0.3) is 10.1 Å². The first kappa shape index (κ1) is 27.9. The second-order valence-electron chi connectivity index (χ2n) is 9.03. The van der Waals surface area contributed by atoms with Crippen LogP contribution < -0.4 is 5.73 Å². The predicted octanol–water partition coefficient (Wildman–Crippen LogP) is 7.28. The third-order valence-corrected chi connectivity index (χ3v) is 7.04. The summed E-state index contributed by atoms with van der Waals surface area (Å²) >= 11 is 0. The molecule has 0 radical (unpaired) electrons. The largest absolute Gasteiger partial charge is 0.507 e. The van der Waals surface area contributed by atoms with Gasteiger partial charge in [-0.25, -0.2) is 4.79 Å². The lowest BCUT2D eigenvalue weighted by molar-refractivity contribution is 0.0693. The molecule has 0 atom stereocenters. The number of fused-ring (bicyclic) bond motifs is 1. The van der Waals surface area contributed by atoms with Crippen LogP contribution in [0, 0.1) is 0 Å². The summed E-state index contributed by atoms with van der Waals surface area (Å²) in [5.41, 5.74) is 8.23. The van der Waals surface area contributed by atoms with Crippen LogP contribution in [-0.2, 0) is 10.1 Å². The molecule has 0 unspecified atom stereocenters. The molecule has 0 aliphatic carbocycles. The number of aromatic hydroxyl groups is 2. The van der Waals surface area contributed by atoms with Crippen molar-refractivity contribution < 1.29 is 33.1 Å². The SMILES string of the molecule is Nc1ccc2c(O)c(N=Nc3ccc(-c4ccc(N=Nc5ccc(O)c(C(=O)O)c5)cc4)cc3)c(S(=O)(=O)O)cc2c1. The first-order chi connectivity index (χ1) is 20.0. The fourth-order valence-corrected chi connectivity index (χ4v) is 4.74. The van der Waals surface area contributed by atoms with Crippen molar-refractivity contribution in [2.24, 2.45) is 20.5 Å². The lowest BCUT2D eigenvalue weighted by Gasteiger charge is -2.09. The second kappa shape index (κ2) is 11.1. The average Bonchev–Trinajstić information content (AvgIpc) is 2.96. The standard InChI is InChI=1S/C29H21N5O7S/c30-19-5-11-23-18(13-19)14-26(42(39,40)41)27(28(23)36)34-32-21-8-3-17(4-9-21)16-1-6-20(7-2-16)31-33-22-10-12-25(35)24(15-22)29(37)38/h1-15,35-36H,30H2,(H,37,38)(H,39,40,41). The number of phenolic OH excluding ortho intramolecular Hbond substituents is 1. The maximum atomic E-state index is 12.0. The number of hydrogen-bond donors (Lipinski definition) is 5. The molecule has 0 aliphatic rings. The highest BCUT2D eigenvalue weighted by Gasteiger charge is 2.22. The zero-order valence-electron chi connectivity index (χ0n) is 21.4. The summed E-state index contributed by atoms with van der Waals surface area (Å²) in [5.74, 6) is -2.11. The Kier molecular flexibility index (Phi) is 7.35. The van der Waals surface area contributed by atoms with Gasteiger partial charge in [-0.1, -0.05) is 24.3 Å². The second-order valence-corrected chi connectivity index (χ2v) is 10.4. The van der Waals surface area contributed by atoms with E-state index in [4.69, 9.17) is 10.8 Å². The molecule has 0 fully saturated rings. The van der Waals surface area contributed by atoms with E-state index in [2.05, 4.69) is 20.5 Å². The number of carboxylic acid groups (broad SMARTS) is 1. The molecule has 13 heteroatoms. The van der Waals surface area contributed by atoms with E-state index in [9.17, 15) is 28.0 Å². The zero-order chi connectivity index (χ0) is 30.0. The summed E-state index contributed by atoms with van der Waals surface area (Å²) < 4.78 is 33.7. The molecule has 6 N–H and O–H groups in total. The van der Waals surface area contributed by atoms with Gasteiger partial charge in [0, 0.05) is 11.1 Å². The van der Waals surface area contributed by atoms with Crippen LogP contribution in [0.15, 0.2) is 116 Å². The minimum atomic E-state index is -4.74. The Labute approximate surface area is 238 Å². The fourth-order valence-electron chi connectivity index (χ4n) is 4.09. The Morgan fingerprint density at radius 2 is 1.24 bits per heavy atom. The Balaban J connectivity index is 1.35. The average molecular weight is 584 g/mol. The summed E-state index contributed by atoms with van der Waals surface area (Å²) in [6.45, 7) is 0. The minimum absolute atomic E-state index is 0.268. The van der Waals surface area contributed by atoms with Crippen molar-refractivity contribution in [1.82, 2.24) is 0 Å². The van der Waals surface area contributed by atoms with E-state index in [0.29, 0.717) is 22.4 Å². The van der Waals surface area contributed by atoms with Crippen LogP contribution in [0.1, 0.15) is 10.4 Å². The highest BCUT2D eigenvalue weighted by molar-refractivity contribution is 7.86. The number of hydrogen-bond acceptors (Lipinski definition) is 10. The highest BCUT2D eigenvalue weighted by Crippen LogP contribution is 2.42. The van der Waals surface area contributed by atoms with Crippen LogP contribution in [-0.4, -0.2) is 34.3 Å². The molecule has 0 amide bonds. The first-order valence-corrected chi connectivity index (χ1v) is 13.6. The molecular weight excluding hydrogens is 562 g/mol. The van der Waals surface area contributed by atoms with E-state index < -0.39 is 32.4 Å². The molecule has 0 saturated carbocycles. The third-order valence-electron chi connectivity index (χ3n) is 6.18. The van der Waals surface area contributed by atoms with Crippen molar-refractivity contribution in [1.29, 1.82) is 0 Å². The Bertz CT molecular complexity index is 2010. The molecule has 12 nitrogen and oxygen atoms in total. The van der Waals surface area contributed by atoms with Gasteiger partial charge >= 0.3 is 5.97 Å². The van der Waals surface area contributed by atoms with E-state index in [1.165, 1.54) is 42.5 Å². The summed E-state index contributed by atoms with van der Waals surface area (Å²) in [6, 6.07) is 23.4. The van der Waals surface area contributed by atoms with E-state index in [1.807, 2.05) is 12.1 Å². The van der Waals surface area contributed by atoms with Crippen LogP contribution >= 0.6 is 0 Å². The molecule has 0 aliphatic heterocycles. The summed E-state index contributed by atoms with van der Waals surface area (Å²) in [6.07, 6.45) is 0. The lowest BCUT2D eigenvalue weighted by atomic mass is 10.1. The number of carbonyl (C=O) groups is 1. The Hall–Kier alpha value is -5.66. The predicted molar refractivity (Wildman–Crippen MR) is 155 cm³/mol. The number of nitrogen functional groups attached to an aromatic ring is 1. The third kappa shape index (κ3) is 5.91. The first-order valence-electron chi connectivity index (χ1n) is 12.1. The topological polar surface area (TPSA) is 208 Å². The molecule has 0 heterocycles. The van der Waals surface area contributed by atoms with Crippen LogP contribution in [0.25, 0.3) is 21.9 Å². The van der Waals surface area contributed by atoms with Gasteiger partial charge in [-0.05, 0) is 83.2 Å². The summed E-state index contributed by atoms with van der Waals surface area (Å²) in [4.78, 5) is 10.6. The van der Waals surface area contributed by atoms with Crippen LogP contribution in [0.3, 0.4) is 0 Å². The molecule has 5 rings (SSSR count). The van der Waals surface area contributed by atoms with Gasteiger partial charge in [-0.2, -0.15) is 23.8 Å². The zero-order valence-corrected chi connectivity index (χ0v) is 22.3. The molecular formula is C29H21N5O7S. The van der Waals surface area contributed by atoms with E-state index in [0.717, 1.165) is 11.1 Å². The number of azo groups is 2. The van der Waals surface area contributed by atoms with Gasteiger partial charge in [0.2, 0.25) is 0 Å². The van der Waals surface area contributed by atoms with Gasteiger partial charge in [0.15, 0.2) is 5.75 Å². The fraction of sp³-hybridized carbons (Fsp3) is 0. The van der Waals surface area contributed by atoms with Gasteiger partial charge in [-0.15, -0.1) is 5.11 Å². The number of anilines is 1. The maximum Gasteiger partial charge on any atom is 0.339 e. The monoisotopic (exact) mass is 583 g/mol. The molecule has 0 aromatic heterocycles. The van der Waals surface area contributed by atoms with Crippen LogP contribution in [0.4, 0.5) is 28.4 Å². The highest BCUT2D eigenvalue weighted by atomic mass is 32.2. The van der Waals surface area contributed by atoms with E-state index >= 15 is 0 Å². The Morgan fingerprint density at radius 1 is 0.690 bits per heavy atom. The van der Waals surface area contributed by atoms with Crippen LogP contribution in [0.2, 0.25) is 0 Å². The van der Waals surface area contributed by atoms with Crippen molar-refractivity contribution >= 4 is 55.3 Å². The van der Waals surface area contributed by atoms with Crippen molar-refractivity contribution in [3.05, 3.63) is 96.6 Å². The van der Waals surface area contributed by atoms with Gasteiger partial charge in [0.1, 0.15) is 21.9 Å². The van der Waals surface area contributed by atoms with E-state index in [-0.39, 0.29) is 22.4 Å². The van der Waals surface area contributed by atoms with Gasteiger partial charge in [0.05, 0.1) is 17.1 Å². The van der Waals surface area contributed by atoms with Gasteiger partial charge in [-0.3, -0.25) is 4.55 Å². The maximum absolute atomic E-state index is 12.0. The quantitative estimate of drug-likeness (QED) is 0.0745. The van der Waals surface area contributed by atoms with E-state index in [1.54, 1.807) is 36.4 Å². The number of aromatic carboxylic acids is 1. The van der Waals surface area contributed by atoms with Crippen molar-refractivity contribution in [2.75, 3.05) is 5.73 Å². The van der Waals surface area contributed by atoms with Gasteiger partial charge < -0.3 is 21.1 Å².